The van der Waals surface area contributed by atoms with Gasteiger partial charge in [0, 0.05) is 6.07 Å². The molecule has 0 fully saturated rings. The molecule has 0 bridgehead atoms. The lowest BCUT2D eigenvalue weighted by Gasteiger charge is -2.24. The monoisotopic (exact) mass is 267 g/mol. The lowest BCUT2D eigenvalue weighted by Crippen LogP contribution is -2.44. The first-order valence-corrected chi connectivity index (χ1v) is 5.95. The lowest BCUT2D eigenvalue weighted by atomic mass is 9.92. The van der Waals surface area contributed by atoms with Crippen molar-refractivity contribution in [1.82, 2.24) is 5.32 Å². The van der Waals surface area contributed by atoms with E-state index in [1.165, 1.54) is 21.3 Å². The molecule has 1 N–H and O–H groups in total. The molecule has 0 spiro atoms. The molecule has 106 valence electrons. The van der Waals surface area contributed by atoms with Gasteiger partial charge in [-0.1, -0.05) is 0 Å². The molecule has 1 aromatic carbocycles. The van der Waals surface area contributed by atoms with Crippen LogP contribution in [0.3, 0.4) is 0 Å². The van der Waals surface area contributed by atoms with E-state index in [4.69, 9.17) is 14.2 Å². The zero-order chi connectivity index (χ0) is 14.6. The van der Waals surface area contributed by atoms with Crippen LogP contribution < -0.4 is 19.5 Å². The van der Waals surface area contributed by atoms with E-state index in [1.807, 2.05) is 13.8 Å². The Morgan fingerprint density at radius 1 is 1.00 bits per heavy atom. The molecule has 0 amide bonds. The van der Waals surface area contributed by atoms with Gasteiger partial charge in [-0.2, -0.15) is 0 Å². The Hall–Kier alpha value is -1.75. The third-order valence-electron chi connectivity index (χ3n) is 3.14. The number of ketones is 1. The second-order valence-corrected chi connectivity index (χ2v) is 4.61. The molecular weight excluding hydrogens is 246 g/mol. The third kappa shape index (κ3) is 2.98. The van der Waals surface area contributed by atoms with Crippen LogP contribution in [-0.4, -0.2) is 39.7 Å². The van der Waals surface area contributed by atoms with Gasteiger partial charge in [0.1, 0.15) is 5.75 Å². The second kappa shape index (κ2) is 5.93. The summed E-state index contributed by atoms with van der Waals surface area (Å²) in [6.07, 6.45) is 0. The Morgan fingerprint density at radius 2 is 1.47 bits per heavy atom. The van der Waals surface area contributed by atoms with Crippen LogP contribution in [0.25, 0.3) is 0 Å². The van der Waals surface area contributed by atoms with Crippen LogP contribution in [0.2, 0.25) is 0 Å². The summed E-state index contributed by atoms with van der Waals surface area (Å²) in [6, 6.07) is 3.29. The number of Topliss-reactive ketones (excluding diaryl/α,β-unsaturated/α-hetero) is 1. The number of benzene rings is 1. The van der Waals surface area contributed by atoms with Crippen molar-refractivity contribution >= 4 is 5.78 Å². The number of rotatable bonds is 6. The summed E-state index contributed by atoms with van der Waals surface area (Å²) in [4.78, 5) is 12.5. The maximum atomic E-state index is 12.5. The minimum Gasteiger partial charge on any atom is -0.496 e. The number of carbonyl (C=O) groups excluding carboxylic acids is 1. The molecule has 5 heteroatoms. The molecule has 0 radical (unpaired) electrons. The first-order chi connectivity index (χ1) is 8.91. The number of carbonyl (C=O) groups is 1. The summed E-state index contributed by atoms with van der Waals surface area (Å²) in [7, 11) is 6.33. The highest BCUT2D eigenvalue weighted by molar-refractivity contribution is 6.05. The SMILES string of the molecule is CNC(C)(C)C(=O)c1cc(OC)c(OC)cc1OC. The van der Waals surface area contributed by atoms with Crippen LogP contribution in [0.1, 0.15) is 24.2 Å². The number of methoxy groups -OCH3 is 3. The molecule has 0 heterocycles. The van der Waals surface area contributed by atoms with E-state index in [0.717, 1.165) is 0 Å². The van der Waals surface area contributed by atoms with Gasteiger partial charge in [0.25, 0.3) is 0 Å². The van der Waals surface area contributed by atoms with Crippen molar-refractivity contribution in [3.63, 3.8) is 0 Å². The number of ether oxygens (including phenoxy) is 3. The lowest BCUT2D eigenvalue weighted by molar-refractivity contribution is 0.0886. The zero-order valence-electron chi connectivity index (χ0n) is 12.3. The highest BCUT2D eigenvalue weighted by atomic mass is 16.5. The molecule has 0 atom stereocenters. The summed E-state index contributed by atoms with van der Waals surface area (Å²) in [5.74, 6) is 1.41. The maximum absolute atomic E-state index is 12.5. The van der Waals surface area contributed by atoms with Gasteiger partial charge in [-0.15, -0.1) is 0 Å². The van der Waals surface area contributed by atoms with Crippen molar-refractivity contribution in [2.24, 2.45) is 0 Å². The number of hydrogen-bond acceptors (Lipinski definition) is 5. The first-order valence-electron chi connectivity index (χ1n) is 5.95. The van der Waals surface area contributed by atoms with E-state index >= 15 is 0 Å². The second-order valence-electron chi connectivity index (χ2n) is 4.61. The molecule has 19 heavy (non-hydrogen) atoms. The van der Waals surface area contributed by atoms with Crippen molar-refractivity contribution < 1.29 is 19.0 Å². The summed E-state index contributed by atoms with van der Waals surface area (Å²) >= 11 is 0. The molecule has 1 aromatic rings. The molecule has 0 aliphatic heterocycles. The third-order valence-corrected chi connectivity index (χ3v) is 3.14. The van der Waals surface area contributed by atoms with Gasteiger partial charge in [-0.25, -0.2) is 0 Å². The van der Waals surface area contributed by atoms with Crippen molar-refractivity contribution in [3.8, 4) is 17.2 Å². The number of hydrogen-bond donors (Lipinski definition) is 1. The van der Waals surface area contributed by atoms with Crippen LogP contribution in [-0.2, 0) is 0 Å². The van der Waals surface area contributed by atoms with Gasteiger partial charge in [-0.3, -0.25) is 4.79 Å². The average Bonchev–Trinajstić information content (AvgIpc) is 2.44. The van der Waals surface area contributed by atoms with Gasteiger partial charge in [-0.05, 0) is 27.0 Å². The van der Waals surface area contributed by atoms with Crippen molar-refractivity contribution in [1.29, 1.82) is 0 Å². The van der Waals surface area contributed by atoms with Crippen LogP contribution in [0, 0.1) is 0 Å². The van der Waals surface area contributed by atoms with E-state index in [1.54, 1.807) is 19.2 Å². The Kier molecular flexibility index (Phi) is 4.78. The smallest absolute Gasteiger partial charge is 0.186 e. The Morgan fingerprint density at radius 3 is 1.89 bits per heavy atom. The number of nitrogens with one attached hydrogen (secondary N) is 1. The number of likely N-dealkylation sites (N-methyl/N-ethyl adjacent to an activating group) is 1. The minimum absolute atomic E-state index is 0.0761. The fourth-order valence-electron chi connectivity index (χ4n) is 1.66. The highest BCUT2D eigenvalue weighted by Crippen LogP contribution is 2.36. The molecule has 5 nitrogen and oxygen atoms in total. The first kappa shape index (κ1) is 15.3. The standard InChI is InChI=1S/C14H21NO4/c1-14(2,15-3)13(16)9-7-11(18-5)12(19-6)8-10(9)17-4/h7-8,15H,1-6H3. The normalized spacial score (nSPS) is 11.1. The summed E-state index contributed by atoms with van der Waals surface area (Å²) < 4.78 is 15.7. The van der Waals surface area contributed by atoms with Gasteiger partial charge in [0.2, 0.25) is 0 Å². The van der Waals surface area contributed by atoms with Gasteiger partial charge >= 0.3 is 0 Å². The fraction of sp³-hybridized carbons (Fsp3) is 0.500. The Balaban J connectivity index is 3.38. The molecule has 0 aromatic heterocycles. The summed E-state index contributed by atoms with van der Waals surface area (Å²) in [5.41, 5.74) is -0.230. The van der Waals surface area contributed by atoms with E-state index in [9.17, 15) is 4.79 Å². The molecule has 0 unspecified atom stereocenters. The summed E-state index contributed by atoms with van der Waals surface area (Å²) in [6.45, 7) is 3.62. The van der Waals surface area contributed by atoms with Crippen LogP contribution in [0.5, 0.6) is 17.2 Å². The van der Waals surface area contributed by atoms with Gasteiger partial charge in [0.05, 0.1) is 32.4 Å². The zero-order valence-corrected chi connectivity index (χ0v) is 12.3. The molecule has 0 saturated carbocycles. The highest BCUT2D eigenvalue weighted by Gasteiger charge is 2.30. The van der Waals surface area contributed by atoms with E-state index in [-0.39, 0.29) is 5.78 Å². The van der Waals surface area contributed by atoms with E-state index in [2.05, 4.69) is 5.32 Å². The van der Waals surface area contributed by atoms with Crippen molar-refractivity contribution in [3.05, 3.63) is 17.7 Å². The quantitative estimate of drug-likeness (QED) is 0.798. The Labute approximate surface area is 113 Å². The summed E-state index contributed by atoms with van der Waals surface area (Å²) in [5, 5.41) is 2.98. The molecular formula is C14H21NO4. The maximum Gasteiger partial charge on any atom is 0.186 e. The van der Waals surface area contributed by atoms with E-state index in [0.29, 0.717) is 22.8 Å². The minimum atomic E-state index is -0.688. The predicted molar refractivity (Wildman–Crippen MR) is 73.6 cm³/mol. The topological polar surface area (TPSA) is 56.8 Å². The van der Waals surface area contributed by atoms with Gasteiger partial charge < -0.3 is 19.5 Å². The van der Waals surface area contributed by atoms with Crippen LogP contribution >= 0.6 is 0 Å². The Bertz CT molecular complexity index is 469. The molecule has 1 rings (SSSR count). The predicted octanol–water partition coefficient (Wildman–Crippen LogP) is 1.89. The molecule has 0 aliphatic carbocycles. The molecule has 0 aliphatic rings. The van der Waals surface area contributed by atoms with Crippen molar-refractivity contribution in [2.45, 2.75) is 19.4 Å². The van der Waals surface area contributed by atoms with Crippen LogP contribution in [0.4, 0.5) is 0 Å². The largest absolute Gasteiger partial charge is 0.496 e. The van der Waals surface area contributed by atoms with Crippen LogP contribution in [0.15, 0.2) is 12.1 Å². The van der Waals surface area contributed by atoms with E-state index < -0.39 is 5.54 Å². The van der Waals surface area contributed by atoms with Gasteiger partial charge in [0.15, 0.2) is 17.3 Å². The average molecular weight is 267 g/mol. The molecule has 0 saturated heterocycles. The van der Waals surface area contributed by atoms with Crippen molar-refractivity contribution in [2.75, 3.05) is 28.4 Å². The fourth-order valence-corrected chi connectivity index (χ4v) is 1.66.